The van der Waals surface area contributed by atoms with Crippen molar-refractivity contribution in [2.75, 3.05) is 19.6 Å². The van der Waals surface area contributed by atoms with Crippen LogP contribution in [0.2, 0.25) is 0 Å². The summed E-state index contributed by atoms with van der Waals surface area (Å²) in [6.45, 7) is 1.12. The van der Waals surface area contributed by atoms with E-state index in [-0.39, 0.29) is 37.5 Å². The fourth-order valence-corrected chi connectivity index (χ4v) is 4.61. The second-order valence-corrected chi connectivity index (χ2v) is 9.31. The molecule has 0 amide bonds. The van der Waals surface area contributed by atoms with Gasteiger partial charge in [-0.05, 0) is 57.0 Å². The highest BCUT2D eigenvalue weighted by molar-refractivity contribution is 5.85. The maximum Gasteiger partial charge on any atom is 0.395 e. The van der Waals surface area contributed by atoms with Crippen LogP contribution in [0.1, 0.15) is 31.4 Å². The predicted molar refractivity (Wildman–Crippen MR) is 115 cm³/mol. The number of hydrogen-bond acceptors (Lipinski definition) is 6. The van der Waals surface area contributed by atoms with Gasteiger partial charge in [0.25, 0.3) is 0 Å². The summed E-state index contributed by atoms with van der Waals surface area (Å²) in [6, 6.07) is 5.59. The first kappa shape index (κ1) is 21.9. The fourth-order valence-electron chi connectivity index (χ4n) is 4.61. The van der Waals surface area contributed by atoms with Crippen LogP contribution in [0.3, 0.4) is 0 Å². The third-order valence-electron chi connectivity index (χ3n) is 6.87. The van der Waals surface area contributed by atoms with Gasteiger partial charge in [-0.3, -0.25) is 14.5 Å². The van der Waals surface area contributed by atoms with Crippen LogP contribution in [0.25, 0.3) is 22.3 Å². The van der Waals surface area contributed by atoms with Crippen molar-refractivity contribution in [3.8, 4) is 11.4 Å². The molecule has 1 saturated heterocycles. The van der Waals surface area contributed by atoms with Gasteiger partial charge in [0.1, 0.15) is 11.5 Å². The summed E-state index contributed by atoms with van der Waals surface area (Å²) >= 11 is 0. The van der Waals surface area contributed by atoms with Crippen molar-refractivity contribution in [3.63, 3.8) is 0 Å². The van der Waals surface area contributed by atoms with Gasteiger partial charge in [0.05, 0.1) is 22.8 Å². The summed E-state index contributed by atoms with van der Waals surface area (Å²) in [5, 5.41) is 8.88. The van der Waals surface area contributed by atoms with E-state index in [4.69, 9.17) is 0 Å². The van der Waals surface area contributed by atoms with Crippen LogP contribution in [-0.2, 0) is 18.3 Å². The van der Waals surface area contributed by atoms with Gasteiger partial charge in [0.15, 0.2) is 0 Å². The van der Waals surface area contributed by atoms with Gasteiger partial charge in [-0.25, -0.2) is 4.98 Å². The minimum atomic E-state index is -4.14. The molecular formula is C23H25F3N6O. The van der Waals surface area contributed by atoms with E-state index in [0.29, 0.717) is 43.0 Å². The van der Waals surface area contributed by atoms with Crippen molar-refractivity contribution in [1.82, 2.24) is 29.9 Å². The average Bonchev–Trinajstić information content (AvgIpc) is 3.45. The Morgan fingerprint density at radius 3 is 2.58 bits per heavy atom. The number of rotatable bonds is 6. The van der Waals surface area contributed by atoms with Crippen molar-refractivity contribution in [2.45, 2.75) is 38.3 Å². The number of ketones is 1. The van der Waals surface area contributed by atoms with Gasteiger partial charge in [0, 0.05) is 43.2 Å². The number of aryl methyl sites for hydroxylation is 1. The van der Waals surface area contributed by atoms with Crippen molar-refractivity contribution in [3.05, 3.63) is 36.3 Å². The van der Waals surface area contributed by atoms with Gasteiger partial charge < -0.3 is 4.90 Å². The summed E-state index contributed by atoms with van der Waals surface area (Å²) < 4.78 is 41.3. The zero-order chi connectivity index (χ0) is 23.2. The number of likely N-dealkylation sites (tertiary alicyclic amines) is 1. The highest BCUT2D eigenvalue weighted by Gasteiger charge is 2.63. The zero-order valence-electron chi connectivity index (χ0n) is 18.3. The molecule has 0 N–H and O–H groups in total. The molecule has 174 valence electrons. The highest BCUT2D eigenvalue weighted by atomic mass is 19.4. The molecule has 0 spiro atoms. The molecule has 0 atom stereocenters. The van der Waals surface area contributed by atoms with Crippen molar-refractivity contribution in [1.29, 1.82) is 0 Å². The Kier molecular flexibility index (Phi) is 5.43. The third kappa shape index (κ3) is 4.48. The van der Waals surface area contributed by atoms with Gasteiger partial charge in [-0.2, -0.15) is 13.2 Å². The first-order chi connectivity index (χ1) is 15.7. The van der Waals surface area contributed by atoms with E-state index in [9.17, 15) is 18.0 Å². The quantitative estimate of drug-likeness (QED) is 0.562. The van der Waals surface area contributed by atoms with Gasteiger partial charge in [0.2, 0.25) is 0 Å². The minimum Gasteiger partial charge on any atom is -0.302 e. The summed E-state index contributed by atoms with van der Waals surface area (Å²) in [7, 11) is 1.79. The molecule has 0 bridgehead atoms. The van der Waals surface area contributed by atoms with Crippen LogP contribution in [0.4, 0.5) is 13.2 Å². The number of hydrogen-bond donors (Lipinski definition) is 0. The second kappa shape index (κ2) is 8.16. The molecule has 3 aromatic rings. The van der Waals surface area contributed by atoms with E-state index < -0.39 is 11.6 Å². The van der Waals surface area contributed by atoms with Gasteiger partial charge >= 0.3 is 6.18 Å². The number of halogens is 3. The zero-order valence-corrected chi connectivity index (χ0v) is 18.3. The monoisotopic (exact) mass is 458 g/mol. The first-order valence-electron chi connectivity index (χ1n) is 11.2. The molecule has 0 unspecified atom stereocenters. The molecule has 1 aliphatic heterocycles. The Bertz CT molecular complexity index is 1180. The van der Waals surface area contributed by atoms with Crippen LogP contribution in [0, 0.1) is 11.3 Å². The SMILES string of the molecule is Cn1cc(-c2ccc3cnc(CC(=O)C4CCN(CC5(C(F)(F)F)CC5)CC4)cc3n2)nn1. The van der Waals surface area contributed by atoms with Crippen LogP contribution < -0.4 is 0 Å². The Morgan fingerprint density at radius 1 is 1.18 bits per heavy atom. The lowest BCUT2D eigenvalue weighted by Crippen LogP contribution is -2.43. The molecule has 1 saturated carbocycles. The van der Waals surface area contributed by atoms with E-state index in [0.717, 1.165) is 10.9 Å². The molecular weight excluding hydrogens is 433 g/mol. The van der Waals surface area contributed by atoms with E-state index >= 15 is 0 Å². The molecule has 3 aromatic heterocycles. The lowest BCUT2D eigenvalue weighted by molar-refractivity contribution is -0.192. The lowest BCUT2D eigenvalue weighted by Gasteiger charge is -2.34. The molecule has 7 nitrogen and oxygen atoms in total. The largest absolute Gasteiger partial charge is 0.395 e. The molecule has 2 fully saturated rings. The number of piperidine rings is 1. The Hall–Kier alpha value is -2.88. The first-order valence-corrected chi connectivity index (χ1v) is 11.2. The van der Waals surface area contributed by atoms with Crippen molar-refractivity contribution >= 4 is 16.7 Å². The summed E-state index contributed by atoms with van der Waals surface area (Å²) in [4.78, 5) is 23.8. The molecule has 4 heterocycles. The third-order valence-corrected chi connectivity index (χ3v) is 6.87. The van der Waals surface area contributed by atoms with E-state index in [2.05, 4.69) is 20.3 Å². The van der Waals surface area contributed by atoms with Gasteiger partial charge in [-0.15, -0.1) is 5.10 Å². The number of carbonyl (C=O) groups is 1. The number of fused-ring (bicyclic) bond motifs is 1. The van der Waals surface area contributed by atoms with Crippen LogP contribution in [0.5, 0.6) is 0 Å². The topological polar surface area (TPSA) is 76.8 Å². The molecule has 1 aliphatic carbocycles. The molecule has 2 aliphatic rings. The Balaban J connectivity index is 1.21. The highest BCUT2D eigenvalue weighted by Crippen LogP contribution is 2.58. The fraction of sp³-hybridized carbons (Fsp3) is 0.522. The van der Waals surface area contributed by atoms with E-state index in [1.165, 1.54) is 0 Å². The standard InChI is InChI=1S/C23H25F3N6O/c1-31-13-20(29-30-31)18-3-2-16-12-27-17(10-19(16)28-18)11-21(33)15-4-8-32(9-5-15)14-22(6-7-22)23(24,25)26/h2-3,10,12-13,15H,4-9,11,14H2,1H3. The molecule has 10 heteroatoms. The Morgan fingerprint density at radius 2 is 1.94 bits per heavy atom. The van der Waals surface area contributed by atoms with Gasteiger partial charge in [-0.1, -0.05) is 5.21 Å². The summed E-state index contributed by atoms with van der Waals surface area (Å²) in [6.07, 6.45) is 1.18. The maximum absolute atomic E-state index is 13.2. The lowest BCUT2D eigenvalue weighted by atomic mass is 9.89. The minimum absolute atomic E-state index is 0.0590. The van der Waals surface area contributed by atoms with Crippen LogP contribution in [-0.4, -0.2) is 61.5 Å². The molecule has 0 radical (unpaired) electrons. The normalized spacial score (nSPS) is 19.2. The maximum atomic E-state index is 13.2. The number of nitrogens with zero attached hydrogens (tertiary/aromatic N) is 6. The van der Waals surface area contributed by atoms with Crippen molar-refractivity contribution in [2.24, 2.45) is 18.4 Å². The van der Waals surface area contributed by atoms with Crippen LogP contribution in [0.15, 0.2) is 30.6 Å². The molecule has 33 heavy (non-hydrogen) atoms. The second-order valence-electron chi connectivity index (χ2n) is 9.31. The number of Topliss-reactive ketones (excluding diaryl/α,β-unsaturated/α-hetero) is 1. The smallest absolute Gasteiger partial charge is 0.302 e. The molecule has 5 rings (SSSR count). The number of aromatic nitrogens is 5. The van der Waals surface area contributed by atoms with E-state index in [1.807, 2.05) is 23.1 Å². The average molecular weight is 458 g/mol. The van der Waals surface area contributed by atoms with Crippen LogP contribution >= 0.6 is 0 Å². The summed E-state index contributed by atoms with van der Waals surface area (Å²) in [5.41, 5.74) is 1.22. The van der Waals surface area contributed by atoms with Crippen molar-refractivity contribution < 1.29 is 18.0 Å². The predicted octanol–water partition coefficient (Wildman–Crippen LogP) is 3.59. The number of carbonyl (C=O) groups excluding carboxylic acids is 1. The molecule has 0 aromatic carbocycles. The Labute approximate surface area is 189 Å². The number of pyridine rings is 2. The number of alkyl halides is 3. The van der Waals surface area contributed by atoms with E-state index in [1.54, 1.807) is 24.1 Å². The summed E-state index contributed by atoms with van der Waals surface area (Å²) in [5.74, 6) is -0.0535.